The Hall–Kier alpha value is -14.2. The van der Waals surface area contributed by atoms with Crippen molar-refractivity contribution in [3.8, 4) is 11.5 Å². The predicted octanol–water partition coefficient (Wildman–Crippen LogP) is 24.2. The number of aliphatic hydroxyl groups excluding tert-OH is 1. The van der Waals surface area contributed by atoms with Crippen LogP contribution in [0.15, 0.2) is 321 Å². The third-order valence-corrected chi connectivity index (χ3v) is 23.4. The molecular weight excluding hydrogens is 1620 g/mol. The molecule has 13 aromatic carbocycles. The Labute approximate surface area is 742 Å². The van der Waals surface area contributed by atoms with E-state index in [-0.39, 0.29) is 41.4 Å². The molecule has 0 saturated heterocycles. The third kappa shape index (κ3) is 22.6. The van der Waals surface area contributed by atoms with Crippen LogP contribution < -0.4 is 40.1 Å². The molecule has 17 heteroatoms. The smallest absolute Gasteiger partial charge is 0.338 e. The maximum absolute atomic E-state index is 12.4. The van der Waals surface area contributed by atoms with E-state index in [4.69, 9.17) is 14.2 Å². The number of aliphatic hydroxyl groups is 1. The number of carbonyl (C=O) groups is 6. The topological polar surface area (TPSA) is 196 Å². The molecule has 0 aliphatic carbocycles. The zero-order valence-corrected chi connectivity index (χ0v) is 74.1. The van der Waals surface area contributed by atoms with Crippen molar-refractivity contribution in [2.45, 2.75) is 120 Å². The second-order valence-corrected chi connectivity index (χ2v) is 31.9. The Kier molecular flexibility index (Phi) is 31.0. The van der Waals surface area contributed by atoms with E-state index in [1.165, 1.54) is 65.7 Å². The van der Waals surface area contributed by atoms with Crippen LogP contribution >= 0.6 is 15.9 Å². The van der Waals surface area contributed by atoms with Crippen molar-refractivity contribution in [3.63, 3.8) is 0 Å². The number of halogens is 1. The Morgan fingerprint density at radius 1 is 0.408 bits per heavy atom. The molecule has 16 nitrogen and oxygen atoms in total. The van der Waals surface area contributed by atoms with E-state index in [1.54, 1.807) is 18.2 Å². The highest BCUT2D eigenvalue weighted by molar-refractivity contribution is 9.10. The molecule has 0 saturated carbocycles. The molecule has 1 unspecified atom stereocenters. The summed E-state index contributed by atoms with van der Waals surface area (Å²) >= 11 is 3.17. The van der Waals surface area contributed by atoms with Crippen LogP contribution in [-0.2, 0) is 53.6 Å². The Bertz CT molecular complexity index is 6150. The zero-order chi connectivity index (χ0) is 88.6. The molecular formula is C108H105BrN6O10. The van der Waals surface area contributed by atoms with Crippen LogP contribution in [0, 0.1) is 41.5 Å². The summed E-state index contributed by atoms with van der Waals surface area (Å²) in [6, 6.07) is 102. The Balaban J connectivity index is 0.000000137. The second-order valence-electron chi connectivity index (χ2n) is 31.0. The quantitative estimate of drug-likeness (QED) is 0.0243. The molecule has 0 spiro atoms. The molecule has 0 aromatic heterocycles. The van der Waals surface area contributed by atoms with Gasteiger partial charge in [0.15, 0.2) is 28.8 Å². The number of benzene rings is 13. The number of Topliss-reactive ketones (excluding diaryl/α,β-unsaturated/α-hetero) is 4. The Morgan fingerprint density at radius 3 is 1.25 bits per heavy atom. The fourth-order valence-corrected chi connectivity index (χ4v) is 15.6. The van der Waals surface area contributed by atoms with Crippen molar-refractivity contribution in [2.24, 2.45) is 0 Å². The molecule has 4 N–H and O–H groups in total. The largest absolute Gasteiger partial charge is 0.505 e. The minimum atomic E-state index is -0.785. The van der Waals surface area contributed by atoms with E-state index in [1.807, 2.05) is 239 Å². The average Bonchev–Trinajstić information content (AvgIpc) is 1.34. The molecule has 1 amide bonds. The van der Waals surface area contributed by atoms with Gasteiger partial charge in [-0.15, -0.1) is 0 Å². The van der Waals surface area contributed by atoms with Crippen LogP contribution in [0.25, 0.3) is 11.3 Å². The number of alkyl halides is 1. The summed E-state index contributed by atoms with van der Waals surface area (Å²) in [6.07, 6.45) is -0.0403. The van der Waals surface area contributed by atoms with Crippen molar-refractivity contribution >= 4 is 96.4 Å². The Morgan fingerprint density at radius 2 is 0.776 bits per heavy atom. The molecule has 17 rings (SSSR count). The van der Waals surface area contributed by atoms with E-state index >= 15 is 0 Å². The number of ketones is 4. The first-order chi connectivity index (χ1) is 60.5. The highest BCUT2D eigenvalue weighted by Crippen LogP contribution is 2.43. The fourth-order valence-electron chi connectivity index (χ4n) is 15.4. The lowest BCUT2D eigenvalue weighted by Gasteiger charge is -2.35. The summed E-state index contributed by atoms with van der Waals surface area (Å²) in [4.78, 5) is 76.6. The lowest BCUT2D eigenvalue weighted by atomic mass is 9.88. The second kappa shape index (κ2) is 43.1. The molecule has 0 fully saturated rings. The molecule has 634 valence electrons. The van der Waals surface area contributed by atoms with Crippen molar-refractivity contribution in [1.82, 2.24) is 0 Å². The summed E-state index contributed by atoms with van der Waals surface area (Å²) < 4.78 is 15.9. The van der Waals surface area contributed by atoms with Crippen molar-refractivity contribution in [3.05, 3.63) is 426 Å². The third-order valence-electron chi connectivity index (χ3n) is 22.3. The number of ether oxygens (including phenoxy) is 3. The number of hydrogen-bond donors (Lipinski definition) is 4. The van der Waals surface area contributed by atoms with Gasteiger partial charge in [-0.1, -0.05) is 265 Å². The van der Waals surface area contributed by atoms with E-state index in [0.717, 1.165) is 120 Å². The van der Waals surface area contributed by atoms with Gasteiger partial charge in [-0.05, 0) is 208 Å². The number of carbonyl (C=O) groups excluding carboxylic acids is 6. The number of aryl methyl sites for hydroxylation is 6. The van der Waals surface area contributed by atoms with Gasteiger partial charge >= 0.3 is 5.97 Å². The van der Waals surface area contributed by atoms with Gasteiger partial charge in [-0.3, -0.25) is 24.0 Å². The SMILES string of the molecule is CC(=O)C(Br)C(=O)c1ccccc1CNc1ccccc1C.CC(=O)CC(=O)c1ccccc1CNc1ccccc1C.CC1=C(O)c2ccccc2CN1c1ccccc1C.CC1=C(c2ccc3c(c2)OCO3)c2ccccc2CN1c1ccccc1C.COC(=O)c1ccccc1CNc1ccccc1C.Cc1ccccc1N1Cc2ccccc2C1=O. The van der Waals surface area contributed by atoms with Gasteiger partial charge in [-0.2, -0.15) is 0 Å². The van der Waals surface area contributed by atoms with Gasteiger partial charge in [0, 0.05) is 100 Å². The lowest BCUT2D eigenvalue weighted by molar-refractivity contribution is -0.116. The maximum atomic E-state index is 12.4. The number of nitrogens with one attached hydrogen (secondary N) is 3. The van der Waals surface area contributed by atoms with Crippen LogP contribution in [-0.4, -0.2) is 58.8 Å². The zero-order valence-electron chi connectivity index (χ0n) is 72.5. The number of methoxy groups -OCH3 is 1. The summed E-state index contributed by atoms with van der Waals surface area (Å²) in [5, 5.41) is 20.4. The van der Waals surface area contributed by atoms with Gasteiger partial charge in [0.2, 0.25) is 6.79 Å². The highest BCUT2D eigenvalue weighted by Gasteiger charge is 2.31. The number of anilines is 6. The van der Waals surface area contributed by atoms with Gasteiger partial charge < -0.3 is 50.0 Å². The normalized spacial score (nSPS) is 12.7. The summed E-state index contributed by atoms with van der Waals surface area (Å²) in [5.74, 6) is 1.20. The van der Waals surface area contributed by atoms with Crippen molar-refractivity contribution < 1.29 is 48.1 Å². The van der Waals surface area contributed by atoms with E-state index in [9.17, 15) is 33.9 Å². The van der Waals surface area contributed by atoms with Crippen LogP contribution in [0.3, 0.4) is 0 Å². The molecule has 4 aliphatic rings. The first kappa shape index (κ1) is 90.1. The van der Waals surface area contributed by atoms with Gasteiger partial charge in [0.1, 0.15) is 16.4 Å². The monoisotopic (exact) mass is 1720 g/mol. The number of para-hydroxylation sites is 6. The summed E-state index contributed by atoms with van der Waals surface area (Å²) in [7, 11) is 1.40. The van der Waals surface area contributed by atoms with Crippen LogP contribution in [0.4, 0.5) is 34.1 Å². The minimum absolute atomic E-state index is 0.0403. The number of fused-ring (bicyclic) bond motifs is 4. The molecule has 13 aromatic rings. The molecule has 4 heterocycles. The fraction of sp³-hybridized carbons (Fsp3) is 0.185. The highest BCUT2D eigenvalue weighted by atomic mass is 79.9. The standard InChI is InChI=1S/C24H21NO2.C18H18BrNO2.C18H19NO2.C17H17NO.C16H17NO2.C15H13NO/c1-16-7-3-6-10-21(16)25-14-19-8-4-5-9-20(19)24(17(25)2)18-11-12-22-23(13-18)27-15-26-22;1-12-7-3-6-10-16(12)20-11-14-8-4-5-9-15(14)18(22)17(19)13(2)21;1-13-7-3-6-10-17(13)19-12-15-8-4-5-9-16(15)18(21)11-14(2)20;1-12-7-3-6-10-16(12)18-11-14-8-4-5-9-15(14)17(19)13(18)2;1-12-7-3-6-10-15(12)17-11-13-8-4-5-9-14(13)16(18)19-2;1-11-6-2-5-9-14(11)16-10-12-7-3-4-8-13(12)15(16)17/h3-13H,14-15H2,1-2H3;3-10,17,20H,11H2,1-2H3;3-10,19H,11-12H2,1-2H3;3-10,19H,11H2,1-2H3;3-10,17H,11H2,1-2H3;2-9H,10H2,1H3. The number of esters is 1. The minimum Gasteiger partial charge on any atom is -0.505 e. The molecule has 1 atom stereocenters. The molecule has 125 heavy (non-hydrogen) atoms. The lowest BCUT2D eigenvalue weighted by Crippen LogP contribution is -2.27. The van der Waals surface area contributed by atoms with Crippen LogP contribution in [0.5, 0.6) is 11.5 Å². The first-order valence-corrected chi connectivity index (χ1v) is 42.6. The van der Waals surface area contributed by atoms with E-state index < -0.39 is 4.83 Å². The van der Waals surface area contributed by atoms with Crippen molar-refractivity contribution in [1.29, 1.82) is 0 Å². The van der Waals surface area contributed by atoms with Crippen LogP contribution in [0.1, 0.15) is 159 Å². The van der Waals surface area contributed by atoms with Gasteiger partial charge in [-0.25, -0.2) is 4.79 Å². The summed E-state index contributed by atoms with van der Waals surface area (Å²) in [6.45, 7) is 23.8. The predicted molar refractivity (Wildman–Crippen MR) is 509 cm³/mol. The van der Waals surface area contributed by atoms with Crippen molar-refractivity contribution in [2.75, 3.05) is 44.6 Å². The number of rotatable bonds is 20. The molecule has 0 radical (unpaired) electrons. The van der Waals surface area contributed by atoms with Crippen LogP contribution in [0.2, 0.25) is 0 Å². The van der Waals surface area contributed by atoms with E-state index in [2.05, 4.69) is 154 Å². The number of hydrogen-bond acceptors (Lipinski definition) is 15. The molecule has 4 aliphatic heterocycles. The van der Waals surface area contributed by atoms with E-state index in [0.29, 0.717) is 55.4 Å². The first-order valence-electron chi connectivity index (χ1n) is 41.7. The number of amides is 1. The van der Waals surface area contributed by atoms with Gasteiger partial charge in [0.05, 0.1) is 31.3 Å². The van der Waals surface area contributed by atoms with Gasteiger partial charge in [0.25, 0.3) is 5.91 Å². The summed E-state index contributed by atoms with van der Waals surface area (Å²) in [5.41, 5.74) is 29.4. The number of allylic oxidation sites excluding steroid dienone is 2. The molecule has 0 bridgehead atoms. The number of nitrogens with zero attached hydrogens (tertiary/aromatic N) is 3. The average molecular weight is 1730 g/mol. The maximum Gasteiger partial charge on any atom is 0.338 e.